The number of hydrogen-bond acceptors (Lipinski definition) is 6. The Morgan fingerprint density at radius 1 is 1.14 bits per heavy atom. The second-order valence-corrected chi connectivity index (χ2v) is 8.46. The lowest BCUT2D eigenvalue weighted by Crippen LogP contribution is -2.33. The molecule has 4 rings (SSSR count). The van der Waals surface area contributed by atoms with Crippen molar-refractivity contribution in [3.63, 3.8) is 0 Å². The maximum absolute atomic E-state index is 12.3. The van der Waals surface area contributed by atoms with E-state index in [2.05, 4.69) is 24.1 Å². The summed E-state index contributed by atoms with van der Waals surface area (Å²) in [5, 5.41) is 14.4. The monoisotopic (exact) mass is 492 g/mol. The van der Waals surface area contributed by atoms with Gasteiger partial charge in [0.2, 0.25) is 5.75 Å². The molecule has 1 amide bonds. The number of nitro groups is 1. The number of nitrogens with zero attached hydrogens (tertiary/aromatic N) is 3. The van der Waals surface area contributed by atoms with Gasteiger partial charge in [0.15, 0.2) is 0 Å². The van der Waals surface area contributed by atoms with Crippen molar-refractivity contribution in [1.82, 2.24) is 4.90 Å². The number of amides is 1. The van der Waals surface area contributed by atoms with E-state index >= 15 is 0 Å². The molecule has 0 aromatic heterocycles. The van der Waals surface area contributed by atoms with Crippen molar-refractivity contribution in [1.29, 1.82) is 0 Å². The zero-order valence-electron chi connectivity index (χ0n) is 19.4. The molecule has 1 atom stereocenters. The maximum Gasteiger partial charge on any atom is 0.417 e. The second-order valence-electron chi connectivity index (χ2n) is 8.02. The van der Waals surface area contributed by atoms with Crippen LogP contribution in [0.5, 0.6) is 5.75 Å². The van der Waals surface area contributed by atoms with Gasteiger partial charge in [-0.05, 0) is 61.4 Å². The molecule has 1 heterocycles. The van der Waals surface area contributed by atoms with Crippen LogP contribution in [-0.2, 0) is 0 Å². The zero-order valence-corrected chi connectivity index (χ0v) is 20.2. The quantitative estimate of drug-likeness (QED) is 0.302. The Hall–Kier alpha value is -3.91. The number of nitrogens with one attached hydrogen (secondary N) is 1. The number of amidine groups is 1. The van der Waals surface area contributed by atoms with Crippen LogP contribution in [0.2, 0.25) is 5.02 Å². The number of para-hydroxylation sites is 2. The van der Waals surface area contributed by atoms with Crippen molar-refractivity contribution in [2.45, 2.75) is 26.2 Å². The van der Waals surface area contributed by atoms with Crippen LogP contribution in [0.1, 0.15) is 37.3 Å². The predicted molar refractivity (Wildman–Crippen MR) is 137 cm³/mol. The lowest BCUT2D eigenvalue weighted by Gasteiger charge is -2.31. The van der Waals surface area contributed by atoms with Gasteiger partial charge in [-0.1, -0.05) is 35.9 Å². The Kier molecular flexibility index (Phi) is 7.31. The molecule has 3 aromatic rings. The number of benzene rings is 3. The number of nitro benzene ring substituents is 1. The Balaban J connectivity index is 1.53. The van der Waals surface area contributed by atoms with E-state index in [1.165, 1.54) is 18.2 Å². The topological polar surface area (TPSA) is 97.1 Å². The van der Waals surface area contributed by atoms with E-state index in [1.807, 2.05) is 30.3 Å². The maximum atomic E-state index is 12.3. The van der Waals surface area contributed by atoms with E-state index in [4.69, 9.17) is 21.3 Å². The van der Waals surface area contributed by atoms with Crippen molar-refractivity contribution in [2.24, 2.45) is 4.99 Å². The minimum absolute atomic E-state index is 0.0600. The second kappa shape index (κ2) is 10.6. The first-order chi connectivity index (χ1) is 16.9. The number of hydrogen-bond donors (Lipinski definition) is 1. The summed E-state index contributed by atoms with van der Waals surface area (Å²) in [4.78, 5) is 30.0. The average molecular weight is 493 g/mol. The van der Waals surface area contributed by atoms with Crippen LogP contribution >= 0.6 is 11.6 Å². The summed E-state index contributed by atoms with van der Waals surface area (Å²) in [7, 11) is 0. The normalized spacial score (nSPS) is 14.5. The van der Waals surface area contributed by atoms with Crippen molar-refractivity contribution < 1.29 is 14.5 Å². The molecule has 0 aliphatic carbocycles. The Labute approximate surface area is 208 Å². The van der Waals surface area contributed by atoms with Gasteiger partial charge >= 0.3 is 11.8 Å². The molecule has 1 aliphatic heterocycles. The highest BCUT2D eigenvalue weighted by molar-refractivity contribution is 6.30. The summed E-state index contributed by atoms with van der Waals surface area (Å²) in [6.45, 7) is 5.97. The number of halogens is 1. The lowest BCUT2D eigenvalue weighted by atomic mass is 9.85. The number of anilines is 1. The molecule has 0 fully saturated rings. The summed E-state index contributed by atoms with van der Waals surface area (Å²) in [5.74, 6) is 0.973. The molecule has 1 N–H and O–H groups in total. The molecule has 0 saturated carbocycles. The van der Waals surface area contributed by atoms with E-state index in [9.17, 15) is 14.9 Å². The predicted octanol–water partition coefficient (Wildman–Crippen LogP) is 6.77. The molecular formula is C26H25ClN4O4. The molecule has 35 heavy (non-hydrogen) atoms. The minimum Gasteiger partial charge on any atom is -0.403 e. The lowest BCUT2D eigenvalue weighted by molar-refractivity contribution is -0.385. The third kappa shape index (κ3) is 5.44. The first-order valence-corrected chi connectivity index (χ1v) is 11.7. The van der Waals surface area contributed by atoms with E-state index < -0.39 is 11.0 Å². The van der Waals surface area contributed by atoms with Crippen LogP contribution in [0.3, 0.4) is 0 Å². The van der Waals surface area contributed by atoms with Gasteiger partial charge < -0.3 is 9.64 Å². The summed E-state index contributed by atoms with van der Waals surface area (Å²) in [6, 6.07) is 18.9. The summed E-state index contributed by atoms with van der Waals surface area (Å²) < 4.78 is 5.15. The van der Waals surface area contributed by atoms with Gasteiger partial charge in [-0.2, -0.15) is 0 Å². The van der Waals surface area contributed by atoms with Gasteiger partial charge in [-0.3, -0.25) is 15.4 Å². The van der Waals surface area contributed by atoms with Crippen LogP contribution in [0.15, 0.2) is 71.7 Å². The minimum atomic E-state index is -0.808. The van der Waals surface area contributed by atoms with Gasteiger partial charge in [0, 0.05) is 42.2 Å². The summed E-state index contributed by atoms with van der Waals surface area (Å²) in [6.07, 6.45) is -0.0700. The molecule has 1 unspecified atom stereocenters. The largest absolute Gasteiger partial charge is 0.417 e. The zero-order chi connectivity index (χ0) is 24.9. The van der Waals surface area contributed by atoms with Crippen molar-refractivity contribution in [2.75, 3.05) is 18.4 Å². The standard InChI is InChI=1S/C26H25ClN4O4/c1-3-30(4-2)25-16-20(21-15-18(27)11-14-22(21)29-25)17-9-12-19(13-10-17)28-26(32)35-24-8-6-5-7-23(24)31(33)34/h5-15,20H,3-4,16H2,1-2H3,(H,28,32). The number of aliphatic imine (C=N–C) groups is 1. The van der Waals surface area contributed by atoms with Crippen LogP contribution in [0, 0.1) is 10.1 Å². The average Bonchev–Trinajstić information content (AvgIpc) is 2.85. The summed E-state index contributed by atoms with van der Waals surface area (Å²) >= 11 is 6.30. The fourth-order valence-corrected chi connectivity index (χ4v) is 4.39. The van der Waals surface area contributed by atoms with Gasteiger partial charge in [0.25, 0.3) is 0 Å². The molecule has 9 heteroatoms. The van der Waals surface area contributed by atoms with Crippen molar-refractivity contribution in [3.8, 4) is 5.75 Å². The molecular weight excluding hydrogens is 468 g/mol. The number of rotatable bonds is 6. The molecule has 3 aromatic carbocycles. The molecule has 0 spiro atoms. The van der Waals surface area contributed by atoms with E-state index in [0.29, 0.717) is 10.7 Å². The first-order valence-electron chi connectivity index (χ1n) is 11.3. The highest BCUT2D eigenvalue weighted by Crippen LogP contribution is 2.41. The van der Waals surface area contributed by atoms with E-state index in [-0.39, 0.29) is 17.4 Å². The fourth-order valence-electron chi connectivity index (χ4n) is 4.21. The van der Waals surface area contributed by atoms with E-state index in [1.54, 1.807) is 18.2 Å². The van der Waals surface area contributed by atoms with Crippen molar-refractivity contribution >= 4 is 40.6 Å². The van der Waals surface area contributed by atoms with E-state index in [0.717, 1.165) is 42.2 Å². The first kappa shape index (κ1) is 24.2. The van der Waals surface area contributed by atoms with Crippen LogP contribution in [0.25, 0.3) is 0 Å². The highest BCUT2D eigenvalue weighted by atomic mass is 35.5. The number of fused-ring (bicyclic) bond motifs is 1. The molecule has 180 valence electrons. The summed E-state index contributed by atoms with van der Waals surface area (Å²) in [5.41, 5.74) is 3.26. The molecule has 1 aliphatic rings. The molecule has 8 nitrogen and oxygen atoms in total. The molecule has 0 saturated heterocycles. The van der Waals surface area contributed by atoms with Crippen LogP contribution < -0.4 is 10.1 Å². The number of carbonyl (C=O) groups is 1. The number of ether oxygens (including phenoxy) is 1. The van der Waals surface area contributed by atoms with Gasteiger partial charge in [-0.25, -0.2) is 9.79 Å². The third-order valence-electron chi connectivity index (χ3n) is 5.95. The Bertz CT molecular complexity index is 1270. The van der Waals surface area contributed by atoms with Gasteiger partial charge in [0.1, 0.15) is 5.84 Å². The molecule has 0 radical (unpaired) electrons. The number of carbonyl (C=O) groups excluding carboxylic acids is 1. The molecule has 0 bridgehead atoms. The van der Waals surface area contributed by atoms with Crippen LogP contribution in [0.4, 0.5) is 21.9 Å². The van der Waals surface area contributed by atoms with Gasteiger partial charge in [0.05, 0.1) is 10.6 Å². The SMILES string of the molecule is CCN(CC)C1=Nc2ccc(Cl)cc2C(c2ccc(NC(=O)Oc3ccccc3[N+](=O)[O-])cc2)C1. The van der Waals surface area contributed by atoms with Gasteiger partial charge in [-0.15, -0.1) is 0 Å². The highest BCUT2D eigenvalue weighted by Gasteiger charge is 2.27. The van der Waals surface area contributed by atoms with Crippen LogP contribution in [-0.4, -0.2) is 34.8 Å². The third-order valence-corrected chi connectivity index (χ3v) is 6.19. The Morgan fingerprint density at radius 2 is 1.86 bits per heavy atom. The Morgan fingerprint density at radius 3 is 2.54 bits per heavy atom. The van der Waals surface area contributed by atoms with Crippen molar-refractivity contribution in [3.05, 3.63) is 93.0 Å². The smallest absolute Gasteiger partial charge is 0.403 e. The fraction of sp³-hybridized carbons (Fsp3) is 0.231.